The minimum atomic E-state index is -3.85. The van der Waals surface area contributed by atoms with E-state index in [0.717, 1.165) is 18.1 Å². The molecule has 0 spiro atoms. The number of nitrogens with one attached hydrogen (secondary N) is 1. The minimum absolute atomic E-state index is 0.0203. The molecule has 1 rings (SSSR count). The largest absolute Gasteiger partial charge is 0.398 e. The molecule has 0 aliphatic carbocycles. The Morgan fingerprint density at radius 1 is 1.29 bits per heavy atom. The smallest absolute Gasteiger partial charge is 0.242 e. The molecule has 0 heterocycles. The first-order valence-electron chi connectivity index (χ1n) is 6.19. The van der Waals surface area contributed by atoms with E-state index >= 15 is 0 Å². The average molecular weight is 353 g/mol. The van der Waals surface area contributed by atoms with Crippen LogP contribution in [0.1, 0.15) is 13.3 Å². The van der Waals surface area contributed by atoms with Crippen LogP contribution < -0.4 is 10.5 Å². The molecule has 0 saturated heterocycles. The lowest BCUT2D eigenvalue weighted by atomic mass is 10.3. The lowest BCUT2D eigenvalue weighted by molar-refractivity contribution is 0.557. The van der Waals surface area contributed by atoms with E-state index in [1.807, 2.05) is 6.26 Å². The molecule has 0 fully saturated rings. The van der Waals surface area contributed by atoms with Gasteiger partial charge in [0.1, 0.15) is 4.90 Å². The molecule has 3 N–H and O–H groups in total. The third kappa shape index (κ3) is 5.17. The van der Waals surface area contributed by atoms with Crippen molar-refractivity contribution in [1.82, 2.24) is 4.72 Å². The Kier molecular flexibility index (Phi) is 6.09. The number of hydrogen-bond donors (Lipinski definition) is 2. The fourth-order valence-corrected chi connectivity index (χ4v) is 4.41. The van der Waals surface area contributed by atoms with Crippen LogP contribution in [0.3, 0.4) is 0 Å². The molecular formula is C12H20N2O4S3. The monoisotopic (exact) mass is 352 g/mol. The minimum Gasteiger partial charge on any atom is -0.398 e. The zero-order chi connectivity index (χ0) is 16.3. The summed E-state index contributed by atoms with van der Waals surface area (Å²) in [4.78, 5) is -0.282. The van der Waals surface area contributed by atoms with E-state index in [1.54, 1.807) is 18.7 Å². The molecule has 0 bridgehead atoms. The van der Waals surface area contributed by atoms with Gasteiger partial charge in [-0.15, -0.1) is 0 Å². The second-order valence-corrected chi connectivity index (χ2v) is 9.46. The molecular weight excluding hydrogens is 332 g/mol. The summed E-state index contributed by atoms with van der Waals surface area (Å²) in [5.74, 6) is 0.822. The summed E-state index contributed by atoms with van der Waals surface area (Å²) in [7, 11) is -7.35. The maximum absolute atomic E-state index is 12.3. The highest BCUT2D eigenvalue weighted by Gasteiger charge is 2.22. The van der Waals surface area contributed by atoms with Gasteiger partial charge in [0.25, 0.3) is 0 Å². The number of nitrogen functional groups attached to an aromatic ring is 1. The first-order chi connectivity index (χ1) is 9.58. The third-order valence-electron chi connectivity index (χ3n) is 2.81. The highest BCUT2D eigenvalue weighted by atomic mass is 32.2. The van der Waals surface area contributed by atoms with Crippen LogP contribution >= 0.6 is 11.8 Å². The topological polar surface area (TPSA) is 106 Å². The van der Waals surface area contributed by atoms with Gasteiger partial charge in [0.15, 0.2) is 9.84 Å². The molecule has 0 aliphatic rings. The quantitative estimate of drug-likeness (QED) is 0.712. The van der Waals surface area contributed by atoms with Gasteiger partial charge in [0, 0.05) is 12.3 Å². The summed E-state index contributed by atoms with van der Waals surface area (Å²) in [6, 6.07) is 3.41. The van der Waals surface area contributed by atoms with Crippen LogP contribution in [0.4, 0.5) is 5.69 Å². The first kappa shape index (κ1) is 18.3. The summed E-state index contributed by atoms with van der Waals surface area (Å²) in [5, 5.41) is 0. The van der Waals surface area contributed by atoms with Gasteiger partial charge < -0.3 is 5.73 Å². The number of sulfonamides is 1. The zero-order valence-corrected chi connectivity index (χ0v) is 14.6. The maximum atomic E-state index is 12.3. The van der Waals surface area contributed by atoms with E-state index in [4.69, 9.17) is 5.73 Å². The van der Waals surface area contributed by atoms with Crippen molar-refractivity contribution in [3.05, 3.63) is 18.2 Å². The van der Waals surface area contributed by atoms with Crippen LogP contribution in [0.2, 0.25) is 0 Å². The van der Waals surface area contributed by atoms with Gasteiger partial charge in [-0.1, -0.05) is 0 Å². The van der Waals surface area contributed by atoms with Gasteiger partial charge in [0.05, 0.1) is 10.6 Å². The Morgan fingerprint density at radius 3 is 2.43 bits per heavy atom. The normalized spacial score (nSPS) is 14.0. The average Bonchev–Trinajstić information content (AvgIpc) is 2.34. The Bertz CT molecular complexity index is 699. The molecule has 1 unspecified atom stereocenters. The van der Waals surface area contributed by atoms with Crippen LogP contribution in [-0.2, 0) is 19.9 Å². The molecule has 9 heteroatoms. The molecule has 120 valence electrons. The van der Waals surface area contributed by atoms with Gasteiger partial charge in [0.2, 0.25) is 10.0 Å². The highest BCUT2D eigenvalue weighted by molar-refractivity contribution is 7.98. The fraction of sp³-hybridized carbons (Fsp3) is 0.500. The lowest BCUT2D eigenvalue weighted by Crippen LogP contribution is -2.33. The maximum Gasteiger partial charge on any atom is 0.242 e. The molecule has 1 atom stereocenters. The van der Waals surface area contributed by atoms with Crippen molar-refractivity contribution in [3.63, 3.8) is 0 Å². The van der Waals surface area contributed by atoms with Crippen molar-refractivity contribution in [2.45, 2.75) is 29.2 Å². The van der Waals surface area contributed by atoms with Crippen molar-refractivity contribution in [1.29, 1.82) is 0 Å². The highest BCUT2D eigenvalue weighted by Crippen LogP contribution is 2.23. The number of anilines is 1. The summed E-state index contributed by atoms with van der Waals surface area (Å²) in [6.07, 6.45) is 3.63. The van der Waals surface area contributed by atoms with Gasteiger partial charge in [-0.3, -0.25) is 0 Å². The molecule has 1 aromatic carbocycles. The molecule has 6 nitrogen and oxygen atoms in total. The Labute approximate surface area is 130 Å². The summed E-state index contributed by atoms with van der Waals surface area (Å²) in [6.45, 7) is 1.75. The van der Waals surface area contributed by atoms with Crippen molar-refractivity contribution >= 4 is 37.3 Å². The molecule has 21 heavy (non-hydrogen) atoms. The summed E-state index contributed by atoms with van der Waals surface area (Å²) >= 11 is 1.62. The molecule has 0 saturated carbocycles. The predicted octanol–water partition coefficient (Wildman–Crippen LogP) is 1.09. The standard InChI is InChI=1S/C12H20N2O4S3/c1-9(6-7-19-2)14-21(17,18)12-8-10(20(3,15)16)4-5-11(12)13/h4-5,8-9,14H,6-7,13H2,1-3H3. The number of nitrogens with two attached hydrogens (primary N) is 1. The third-order valence-corrected chi connectivity index (χ3v) is 6.21. The van der Waals surface area contributed by atoms with E-state index in [2.05, 4.69) is 4.72 Å². The van der Waals surface area contributed by atoms with E-state index < -0.39 is 19.9 Å². The van der Waals surface area contributed by atoms with Gasteiger partial charge >= 0.3 is 0 Å². The van der Waals surface area contributed by atoms with Crippen molar-refractivity contribution in [3.8, 4) is 0 Å². The molecule has 0 aromatic heterocycles. The molecule has 0 amide bonds. The van der Waals surface area contributed by atoms with Crippen molar-refractivity contribution < 1.29 is 16.8 Å². The number of hydrogen-bond acceptors (Lipinski definition) is 6. The summed E-state index contributed by atoms with van der Waals surface area (Å²) in [5.41, 5.74) is 5.70. The van der Waals surface area contributed by atoms with E-state index in [9.17, 15) is 16.8 Å². The Morgan fingerprint density at radius 2 is 1.90 bits per heavy atom. The number of thioether (sulfide) groups is 1. The van der Waals surface area contributed by atoms with Crippen LogP contribution in [0.25, 0.3) is 0 Å². The molecule has 0 radical (unpaired) electrons. The van der Waals surface area contributed by atoms with Gasteiger partial charge in [-0.2, -0.15) is 11.8 Å². The fourth-order valence-electron chi connectivity index (χ4n) is 1.66. The van der Waals surface area contributed by atoms with E-state index in [-0.39, 0.29) is 21.5 Å². The summed E-state index contributed by atoms with van der Waals surface area (Å²) < 4.78 is 50.2. The molecule has 1 aromatic rings. The Balaban J connectivity index is 3.14. The number of rotatable bonds is 7. The van der Waals surface area contributed by atoms with Gasteiger partial charge in [-0.25, -0.2) is 21.6 Å². The number of benzene rings is 1. The van der Waals surface area contributed by atoms with Crippen LogP contribution in [-0.4, -0.2) is 41.1 Å². The van der Waals surface area contributed by atoms with Crippen molar-refractivity contribution in [2.75, 3.05) is 24.0 Å². The second-order valence-electron chi connectivity index (χ2n) is 4.78. The van der Waals surface area contributed by atoms with Crippen LogP contribution in [0.5, 0.6) is 0 Å². The Hall–Kier alpha value is -0.770. The lowest BCUT2D eigenvalue weighted by Gasteiger charge is -2.15. The van der Waals surface area contributed by atoms with E-state index in [0.29, 0.717) is 6.42 Å². The molecule has 0 aliphatic heterocycles. The SMILES string of the molecule is CSCCC(C)NS(=O)(=O)c1cc(S(C)(=O)=O)ccc1N. The second kappa shape index (κ2) is 6.99. The van der Waals surface area contributed by atoms with Gasteiger partial charge in [-0.05, 0) is 43.6 Å². The zero-order valence-electron chi connectivity index (χ0n) is 12.2. The van der Waals surface area contributed by atoms with Crippen LogP contribution in [0.15, 0.2) is 28.0 Å². The van der Waals surface area contributed by atoms with E-state index in [1.165, 1.54) is 12.1 Å². The predicted molar refractivity (Wildman–Crippen MR) is 86.7 cm³/mol. The van der Waals surface area contributed by atoms with Crippen molar-refractivity contribution in [2.24, 2.45) is 0 Å². The number of sulfone groups is 1. The van der Waals surface area contributed by atoms with Crippen LogP contribution in [0, 0.1) is 0 Å². The first-order valence-corrected chi connectivity index (χ1v) is 11.0.